The van der Waals surface area contributed by atoms with E-state index < -0.39 is 35.3 Å². The molecule has 0 radical (unpaired) electrons. The molecule has 1 heterocycles. The number of benzene rings is 2. The molecule has 2 aromatic carbocycles. The van der Waals surface area contributed by atoms with E-state index in [0.717, 1.165) is 48.5 Å². The molecule has 2 N–H and O–H groups in total. The van der Waals surface area contributed by atoms with Crippen LogP contribution in [0.2, 0.25) is 0 Å². The molecule has 0 atom stereocenters. The summed E-state index contributed by atoms with van der Waals surface area (Å²) < 4.78 is 85.9. The quantitative estimate of drug-likeness (QED) is 0.519. The highest BCUT2D eigenvalue weighted by Crippen LogP contribution is 2.31. The Hall–Kier alpha value is -3.48. The molecule has 36 heavy (non-hydrogen) atoms. The van der Waals surface area contributed by atoms with E-state index in [4.69, 9.17) is 9.47 Å². The van der Waals surface area contributed by atoms with Crippen LogP contribution in [0.15, 0.2) is 48.5 Å². The number of nitrogens with one attached hydrogen (secondary N) is 2. The van der Waals surface area contributed by atoms with Gasteiger partial charge < -0.3 is 14.8 Å². The van der Waals surface area contributed by atoms with Gasteiger partial charge in [-0.15, -0.1) is 0 Å². The average Bonchev–Trinajstić information content (AvgIpc) is 2.82. The van der Waals surface area contributed by atoms with E-state index in [0.29, 0.717) is 25.9 Å². The Morgan fingerprint density at radius 2 is 1.17 bits per heavy atom. The molecule has 0 spiro atoms. The Balaban J connectivity index is 1.32. The predicted octanol–water partition coefficient (Wildman–Crippen LogP) is 3.79. The molecule has 196 valence electrons. The predicted molar refractivity (Wildman–Crippen MR) is 115 cm³/mol. The number of amides is 2. The van der Waals surface area contributed by atoms with Gasteiger partial charge in [0.05, 0.1) is 11.1 Å². The Labute approximate surface area is 202 Å². The Bertz CT molecular complexity index is 935. The van der Waals surface area contributed by atoms with Crippen LogP contribution in [0.4, 0.5) is 26.3 Å². The van der Waals surface area contributed by atoms with Crippen molar-refractivity contribution in [1.29, 1.82) is 0 Å². The van der Waals surface area contributed by atoms with Gasteiger partial charge in [0.15, 0.2) is 13.2 Å². The number of halogens is 6. The van der Waals surface area contributed by atoms with E-state index in [1.165, 1.54) is 0 Å². The zero-order valence-electron chi connectivity index (χ0n) is 18.8. The Kier molecular flexibility index (Phi) is 8.66. The van der Waals surface area contributed by atoms with Crippen molar-refractivity contribution in [2.45, 2.75) is 31.2 Å². The Morgan fingerprint density at radius 1 is 0.750 bits per heavy atom. The number of hydrogen-bond acceptors (Lipinski definition) is 5. The van der Waals surface area contributed by atoms with E-state index >= 15 is 0 Å². The van der Waals surface area contributed by atoms with Gasteiger partial charge in [0.1, 0.15) is 11.5 Å². The fourth-order valence-corrected chi connectivity index (χ4v) is 3.39. The van der Waals surface area contributed by atoms with Crippen LogP contribution in [-0.4, -0.2) is 49.2 Å². The zero-order chi connectivity index (χ0) is 26.3. The molecule has 0 saturated carbocycles. The largest absolute Gasteiger partial charge is 0.484 e. The number of rotatable bonds is 8. The summed E-state index contributed by atoms with van der Waals surface area (Å²) in [4.78, 5) is 24.1. The van der Waals surface area contributed by atoms with Gasteiger partial charge in [-0.1, -0.05) is 0 Å². The van der Waals surface area contributed by atoms with Gasteiger partial charge in [0, 0.05) is 19.1 Å². The lowest BCUT2D eigenvalue weighted by Gasteiger charge is -2.32. The van der Waals surface area contributed by atoms with Gasteiger partial charge >= 0.3 is 12.4 Å². The van der Waals surface area contributed by atoms with Gasteiger partial charge in [0.2, 0.25) is 0 Å². The van der Waals surface area contributed by atoms with Crippen LogP contribution in [0.3, 0.4) is 0 Å². The molecular weight excluding hydrogens is 496 g/mol. The highest BCUT2D eigenvalue weighted by atomic mass is 19.4. The van der Waals surface area contributed by atoms with E-state index in [-0.39, 0.29) is 30.8 Å². The van der Waals surface area contributed by atoms with Crippen molar-refractivity contribution in [1.82, 2.24) is 15.8 Å². The minimum atomic E-state index is -4.46. The van der Waals surface area contributed by atoms with Crippen molar-refractivity contribution in [3.8, 4) is 11.5 Å². The maximum atomic E-state index is 12.6. The number of ether oxygens (including phenoxy) is 2. The molecule has 1 fully saturated rings. The molecule has 0 bridgehead atoms. The van der Waals surface area contributed by atoms with Crippen LogP contribution in [0.5, 0.6) is 11.5 Å². The van der Waals surface area contributed by atoms with E-state index in [9.17, 15) is 35.9 Å². The summed E-state index contributed by atoms with van der Waals surface area (Å²) >= 11 is 0. The first-order valence-electron chi connectivity index (χ1n) is 10.8. The lowest BCUT2D eigenvalue weighted by Crippen LogP contribution is -2.52. The zero-order valence-corrected chi connectivity index (χ0v) is 18.8. The number of carbonyl (C=O) groups excluding carboxylic acids is 2. The summed E-state index contributed by atoms with van der Waals surface area (Å²) in [6.45, 7) is 0.111. The van der Waals surface area contributed by atoms with Gasteiger partial charge in [-0.05, 0) is 61.4 Å². The average molecular weight is 519 g/mol. The molecule has 3 rings (SSSR count). The second-order valence-electron chi connectivity index (χ2n) is 7.99. The number of hydrazine groups is 1. The molecule has 13 heteroatoms. The van der Waals surface area contributed by atoms with Crippen molar-refractivity contribution in [3.05, 3.63) is 59.7 Å². The molecule has 1 aliphatic heterocycles. The third-order valence-corrected chi connectivity index (χ3v) is 5.25. The fraction of sp³-hybridized carbons (Fsp3) is 0.391. The van der Waals surface area contributed by atoms with Crippen LogP contribution in [0.25, 0.3) is 0 Å². The molecule has 2 amide bonds. The summed E-state index contributed by atoms with van der Waals surface area (Å²) in [5.41, 5.74) is 0.998. The lowest BCUT2D eigenvalue weighted by molar-refractivity contribution is -0.138. The van der Waals surface area contributed by atoms with Crippen LogP contribution in [0.1, 0.15) is 24.0 Å². The van der Waals surface area contributed by atoms with Crippen molar-refractivity contribution in [3.63, 3.8) is 0 Å². The number of alkyl halides is 6. The number of piperidine rings is 1. The first kappa shape index (κ1) is 27.1. The van der Waals surface area contributed by atoms with Crippen molar-refractivity contribution in [2.24, 2.45) is 0 Å². The molecule has 7 nitrogen and oxygen atoms in total. The third-order valence-electron chi connectivity index (χ3n) is 5.25. The Morgan fingerprint density at radius 3 is 1.58 bits per heavy atom. The molecular formula is C23H23F6N3O4. The molecule has 1 aliphatic rings. The number of nitrogens with zero attached hydrogens (tertiary/aromatic N) is 1. The van der Waals surface area contributed by atoms with Crippen LogP contribution >= 0.6 is 0 Å². The monoisotopic (exact) mass is 519 g/mol. The molecule has 0 unspecified atom stereocenters. The fourth-order valence-electron chi connectivity index (χ4n) is 3.39. The summed E-state index contributed by atoms with van der Waals surface area (Å²) in [7, 11) is 0. The minimum Gasteiger partial charge on any atom is -0.484 e. The highest BCUT2D eigenvalue weighted by Gasteiger charge is 2.31. The second kappa shape index (κ2) is 11.5. The maximum Gasteiger partial charge on any atom is 0.416 e. The first-order valence-corrected chi connectivity index (χ1v) is 10.8. The highest BCUT2D eigenvalue weighted by molar-refractivity contribution is 5.78. The molecule has 0 aromatic heterocycles. The molecule has 2 aromatic rings. The van der Waals surface area contributed by atoms with Crippen LogP contribution < -0.4 is 20.2 Å². The van der Waals surface area contributed by atoms with Gasteiger partial charge in [0.25, 0.3) is 11.8 Å². The smallest absolute Gasteiger partial charge is 0.416 e. The van der Waals surface area contributed by atoms with Crippen molar-refractivity contribution in [2.75, 3.05) is 26.3 Å². The second-order valence-corrected chi connectivity index (χ2v) is 7.99. The topological polar surface area (TPSA) is 79.9 Å². The summed E-state index contributed by atoms with van der Waals surface area (Å²) in [6.07, 6.45) is -7.87. The summed E-state index contributed by atoms with van der Waals surface area (Å²) in [5.74, 6) is -0.656. The van der Waals surface area contributed by atoms with Crippen LogP contribution in [-0.2, 0) is 21.9 Å². The van der Waals surface area contributed by atoms with Gasteiger partial charge in [-0.3, -0.25) is 15.0 Å². The van der Waals surface area contributed by atoms with Crippen molar-refractivity contribution < 1.29 is 45.4 Å². The molecule has 0 aliphatic carbocycles. The third kappa shape index (κ3) is 8.33. The number of carbonyl (C=O) groups is 2. The van der Waals surface area contributed by atoms with Crippen LogP contribution in [0, 0.1) is 0 Å². The van der Waals surface area contributed by atoms with E-state index in [1.807, 2.05) is 0 Å². The van der Waals surface area contributed by atoms with E-state index in [1.54, 1.807) is 5.01 Å². The maximum absolute atomic E-state index is 12.6. The van der Waals surface area contributed by atoms with Gasteiger partial charge in [-0.2, -0.15) is 26.3 Å². The minimum absolute atomic E-state index is 0.123. The summed E-state index contributed by atoms with van der Waals surface area (Å²) in [5, 5.41) is 4.41. The standard InChI is InChI=1S/C23H23F6N3O4/c24-22(25,26)15-1-5-18(6-2-15)35-13-20(33)30-17-9-11-32(12-10-17)31-21(34)14-36-19-7-3-16(4-8-19)23(27,28)29/h1-8,17H,9-14H2,(H,30,33)(H,31,34). The molecule has 1 saturated heterocycles. The first-order chi connectivity index (χ1) is 16.9. The number of hydrogen-bond donors (Lipinski definition) is 2. The lowest BCUT2D eigenvalue weighted by atomic mass is 10.1. The SMILES string of the molecule is O=C(COc1ccc(C(F)(F)F)cc1)NC1CCN(NC(=O)COc2ccc(C(F)(F)F)cc2)CC1. The summed E-state index contributed by atoms with van der Waals surface area (Å²) in [6, 6.07) is 7.82. The van der Waals surface area contributed by atoms with E-state index in [2.05, 4.69) is 10.7 Å². The van der Waals surface area contributed by atoms with Crippen molar-refractivity contribution >= 4 is 11.8 Å². The normalized spacial score (nSPS) is 15.3. The van der Waals surface area contributed by atoms with Gasteiger partial charge in [-0.25, -0.2) is 5.01 Å².